The predicted molar refractivity (Wildman–Crippen MR) is 67.6 cm³/mol. The number of hydrogen-bond donors (Lipinski definition) is 1. The minimum Gasteiger partial charge on any atom is -0.490 e. The van der Waals surface area contributed by atoms with Gasteiger partial charge in [-0.25, -0.2) is 9.97 Å². The Morgan fingerprint density at radius 3 is 2.39 bits per heavy atom. The molecular weight excluding hydrogens is 230 g/mol. The smallest absolute Gasteiger partial charge is 0.322 e. The van der Waals surface area contributed by atoms with E-state index in [0.717, 1.165) is 5.56 Å². The molecule has 94 valence electrons. The summed E-state index contributed by atoms with van der Waals surface area (Å²) in [6, 6.07) is 7.68. The zero-order chi connectivity index (χ0) is 12.8. The summed E-state index contributed by atoms with van der Waals surface area (Å²) in [6.45, 7) is 2.91. The maximum Gasteiger partial charge on any atom is 0.322 e. The van der Waals surface area contributed by atoms with Gasteiger partial charge < -0.3 is 15.2 Å². The molecule has 18 heavy (non-hydrogen) atoms. The zero-order valence-corrected chi connectivity index (χ0v) is 10.2. The van der Waals surface area contributed by atoms with Crippen LogP contribution in [0.4, 0.5) is 0 Å². The van der Waals surface area contributed by atoms with Gasteiger partial charge in [-0.1, -0.05) is 12.1 Å². The Morgan fingerprint density at radius 1 is 1.11 bits per heavy atom. The summed E-state index contributed by atoms with van der Waals surface area (Å²) >= 11 is 0. The van der Waals surface area contributed by atoms with Crippen molar-refractivity contribution in [1.29, 1.82) is 0 Å². The molecule has 2 N–H and O–H groups in total. The molecule has 1 aromatic carbocycles. The third-order valence-corrected chi connectivity index (χ3v) is 2.27. The normalized spacial score (nSPS) is 10.1. The lowest BCUT2D eigenvalue weighted by Crippen LogP contribution is -2.00. The van der Waals surface area contributed by atoms with Crippen LogP contribution in [0.3, 0.4) is 0 Å². The van der Waals surface area contributed by atoms with Crippen molar-refractivity contribution in [2.45, 2.75) is 13.5 Å². The Balaban J connectivity index is 2.17. The third kappa shape index (κ3) is 2.95. The highest BCUT2D eigenvalue weighted by molar-refractivity contribution is 5.40. The summed E-state index contributed by atoms with van der Waals surface area (Å²) in [5, 5.41) is 0. The van der Waals surface area contributed by atoms with E-state index < -0.39 is 0 Å². The number of nitrogens with two attached hydrogens (primary N) is 1. The Labute approximate surface area is 106 Å². The van der Waals surface area contributed by atoms with Crippen LogP contribution in [0.25, 0.3) is 0 Å². The van der Waals surface area contributed by atoms with Gasteiger partial charge in [0.25, 0.3) is 0 Å². The van der Waals surface area contributed by atoms with E-state index in [2.05, 4.69) is 9.97 Å². The summed E-state index contributed by atoms with van der Waals surface area (Å²) in [6.07, 6.45) is 3.29. The molecule has 0 aliphatic carbocycles. The van der Waals surface area contributed by atoms with Crippen LogP contribution in [0, 0.1) is 0 Å². The van der Waals surface area contributed by atoms with Crippen LogP contribution in [0.1, 0.15) is 12.5 Å². The van der Waals surface area contributed by atoms with Gasteiger partial charge in [0.2, 0.25) is 0 Å². The van der Waals surface area contributed by atoms with E-state index in [9.17, 15) is 0 Å². The highest BCUT2D eigenvalue weighted by Gasteiger charge is 2.06. The van der Waals surface area contributed by atoms with Crippen molar-refractivity contribution in [3.8, 4) is 17.5 Å². The molecule has 0 amide bonds. The average molecular weight is 245 g/mol. The highest BCUT2D eigenvalue weighted by Crippen LogP contribution is 2.29. The largest absolute Gasteiger partial charge is 0.490 e. The average Bonchev–Trinajstić information content (AvgIpc) is 2.42. The predicted octanol–water partition coefficient (Wildman–Crippen LogP) is 2.13. The fourth-order valence-corrected chi connectivity index (χ4v) is 1.41. The van der Waals surface area contributed by atoms with Crippen molar-refractivity contribution < 1.29 is 9.47 Å². The van der Waals surface area contributed by atoms with Crippen LogP contribution in [-0.4, -0.2) is 16.6 Å². The fourth-order valence-electron chi connectivity index (χ4n) is 1.41. The van der Waals surface area contributed by atoms with Gasteiger partial charge in [0.05, 0.1) is 6.61 Å². The molecule has 1 aromatic heterocycles. The number of hydrogen-bond acceptors (Lipinski definition) is 5. The Kier molecular flexibility index (Phi) is 4.09. The van der Waals surface area contributed by atoms with Gasteiger partial charge in [-0.3, -0.25) is 0 Å². The van der Waals surface area contributed by atoms with Gasteiger partial charge in [-0.2, -0.15) is 0 Å². The molecule has 0 aliphatic rings. The number of aromatic nitrogens is 2. The molecule has 0 bridgehead atoms. The lowest BCUT2D eigenvalue weighted by Gasteiger charge is -2.09. The highest BCUT2D eigenvalue weighted by atomic mass is 16.5. The topological polar surface area (TPSA) is 70.3 Å². The van der Waals surface area contributed by atoms with E-state index in [0.29, 0.717) is 24.7 Å². The maximum absolute atomic E-state index is 5.57. The summed E-state index contributed by atoms with van der Waals surface area (Å²) < 4.78 is 11.0. The third-order valence-electron chi connectivity index (χ3n) is 2.27. The minimum atomic E-state index is 0.277. The molecule has 0 radical (unpaired) electrons. The van der Waals surface area contributed by atoms with Crippen LogP contribution in [0.2, 0.25) is 0 Å². The van der Waals surface area contributed by atoms with Crippen molar-refractivity contribution in [3.63, 3.8) is 0 Å². The summed E-state index contributed by atoms with van der Waals surface area (Å²) in [5.41, 5.74) is 6.34. The van der Waals surface area contributed by atoms with E-state index in [1.807, 2.05) is 31.2 Å². The van der Waals surface area contributed by atoms with Gasteiger partial charge in [0.15, 0.2) is 11.5 Å². The number of rotatable bonds is 5. The summed E-state index contributed by atoms with van der Waals surface area (Å²) in [4.78, 5) is 8.15. The first-order chi connectivity index (χ1) is 8.83. The minimum absolute atomic E-state index is 0.277. The monoisotopic (exact) mass is 245 g/mol. The molecule has 5 nitrogen and oxygen atoms in total. The lowest BCUT2D eigenvalue weighted by atomic mass is 10.3. The number of ether oxygens (including phenoxy) is 2. The molecule has 0 saturated carbocycles. The molecule has 0 atom stereocenters. The van der Waals surface area contributed by atoms with E-state index in [4.69, 9.17) is 15.2 Å². The lowest BCUT2D eigenvalue weighted by molar-refractivity contribution is 0.317. The Morgan fingerprint density at radius 2 is 1.78 bits per heavy atom. The van der Waals surface area contributed by atoms with Crippen LogP contribution >= 0.6 is 0 Å². The van der Waals surface area contributed by atoms with Crippen molar-refractivity contribution in [2.24, 2.45) is 5.73 Å². The molecule has 0 saturated heterocycles. The van der Waals surface area contributed by atoms with E-state index in [-0.39, 0.29) is 6.01 Å². The SMILES string of the molecule is CCOc1ccccc1Oc1ncc(CN)cn1. The molecule has 0 unspecified atom stereocenters. The second-order valence-corrected chi connectivity index (χ2v) is 3.56. The quantitative estimate of drug-likeness (QED) is 0.873. The van der Waals surface area contributed by atoms with Crippen LogP contribution in [-0.2, 0) is 6.54 Å². The van der Waals surface area contributed by atoms with Gasteiger partial charge in [-0.05, 0) is 19.1 Å². The molecule has 0 fully saturated rings. The standard InChI is InChI=1S/C13H15N3O2/c1-2-17-11-5-3-4-6-12(11)18-13-15-8-10(7-14)9-16-13/h3-6,8-9H,2,7,14H2,1H3. The molecule has 1 heterocycles. The van der Waals surface area contributed by atoms with Crippen molar-refractivity contribution in [2.75, 3.05) is 6.61 Å². The Bertz CT molecular complexity index is 500. The van der Waals surface area contributed by atoms with Crippen LogP contribution in [0.15, 0.2) is 36.7 Å². The van der Waals surface area contributed by atoms with Crippen molar-refractivity contribution in [1.82, 2.24) is 9.97 Å². The second kappa shape index (κ2) is 5.97. The fraction of sp³-hybridized carbons (Fsp3) is 0.231. The first-order valence-corrected chi connectivity index (χ1v) is 5.74. The van der Waals surface area contributed by atoms with Crippen molar-refractivity contribution in [3.05, 3.63) is 42.2 Å². The number of benzene rings is 1. The van der Waals surface area contributed by atoms with E-state index in [1.54, 1.807) is 12.4 Å². The van der Waals surface area contributed by atoms with Crippen molar-refractivity contribution >= 4 is 0 Å². The molecule has 2 aromatic rings. The van der Waals surface area contributed by atoms with Gasteiger partial charge >= 0.3 is 6.01 Å². The Hall–Kier alpha value is -2.14. The van der Waals surface area contributed by atoms with E-state index in [1.165, 1.54) is 0 Å². The van der Waals surface area contributed by atoms with Gasteiger partial charge in [0, 0.05) is 24.5 Å². The molecular formula is C13H15N3O2. The van der Waals surface area contributed by atoms with Gasteiger partial charge in [-0.15, -0.1) is 0 Å². The molecule has 0 aliphatic heterocycles. The number of nitrogens with zero attached hydrogens (tertiary/aromatic N) is 2. The summed E-state index contributed by atoms with van der Waals surface area (Å²) in [5.74, 6) is 1.27. The van der Waals surface area contributed by atoms with Crippen LogP contribution < -0.4 is 15.2 Å². The van der Waals surface area contributed by atoms with Gasteiger partial charge in [0.1, 0.15) is 0 Å². The molecule has 5 heteroatoms. The van der Waals surface area contributed by atoms with Crippen LogP contribution in [0.5, 0.6) is 17.5 Å². The zero-order valence-electron chi connectivity index (χ0n) is 10.2. The summed E-state index contributed by atoms with van der Waals surface area (Å²) in [7, 11) is 0. The molecule has 2 rings (SSSR count). The first kappa shape index (κ1) is 12.3. The molecule has 0 spiro atoms. The second-order valence-electron chi connectivity index (χ2n) is 3.56. The maximum atomic E-state index is 5.57. The van der Waals surface area contributed by atoms with E-state index >= 15 is 0 Å². The number of para-hydroxylation sites is 2. The first-order valence-electron chi connectivity index (χ1n) is 5.74.